The number of carboxylic acids is 1. The molecular weight excluding hydrogens is 240 g/mol. The van der Waals surface area contributed by atoms with Crippen LogP contribution in [0.3, 0.4) is 0 Å². The predicted molar refractivity (Wildman–Crippen MR) is 77.9 cm³/mol. The van der Waals surface area contributed by atoms with Gasteiger partial charge in [0.15, 0.2) is 0 Å². The minimum absolute atomic E-state index is 0.251. The number of aromatic nitrogens is 1. The lowest BCUT2D eigenvalue weighted by Crippen LogP contribution is -2.34. The van der Waals surface area contributed by atoms with Gasteiger partial charge in [-0.25, -0.2) is 9.78 Å². The highest BCUT2D eigenvalue weighted by Gasteiger charge is 2.17. The Kier molecular flexibility index (Phi) is 5.80. The Bertz CT molecular complexity index is 432. The molecule has 19 heavy (non-hydrogen) atoms. The molecule has 0 aliphatic rings. The first kappa shape index (κ1) is 15.5. The number of pyridine rings is 1. The van der Waals surface area contributed by atoms with Crippen molar-refractivity contribution < 1.29 is 9.90 Å². The highest BCUT2D eigenvalue weighted by atomic mass is 16.4. The van der Waals surface area contributed by atoms with E-state index in [9.17, 15) is 4.79 Å². The number of rotatable bonds is 7. The van der Waals surface area contributed by atoms with Crippen LogP contribution in [-0.4, -0.2) is 28.6 Å². The molecule has 1 unspecified atom stereocenters. The Labute approximate surface area is 115 Å². The summed E-state index contributed by atoms with van der Waals surface area (Å²) in [6.45, 7) is 9.40. The van der Waals surface area contributed by atoms with E-state index in [1.165, 1.54) is 6.20 Å². The van der Waals surface area contributed by atoms with E-state index in [4.69, 9.17) is 5.11 Å². The molecule has 1 atom stereocenters. The lowest BCUT2D eigenvalue weighted by Gasteiger charge is -2.31. The average Bonchev–Trinajstić information content (AvgIpc) is 2.39. The second kappa shape index (κ2) is 7.12. The molecule has 4 nitrogen and oxygen atoms in total. The van der Waals surface area contributed by atoms with Crippen molar-refractivity contribution in [3.8, 4) is 0 Å². The minimum atomic E-state index is -0.925. The van der Waals surface area contributed by atoms with Crippen LogP contribution in [0.25, 0.3) is 0 Å². The topological polar surface area (TPSA) is 53.4 Å². The van der Waals surface area contributed by atoms with E-state index in [0.717, 1.165) is 37.2 Å². The summed E-state index contributed by atoms with van der Waals surface area (Å²) >= 11 is 0. The molecule has 0 saturated carbocycles. The second-order valence-corrected chi connectivity index (χ2v) is 4.97. The Balaban J connectivity index is 3.04. The molecular formula is C15H24N2O2. The van der Waals surface area contributed by atoms with Crippen LogP contribution in [0.2, 0.25) is 0 Å². The second-order valence-electron chi connectivity index (χ2n) is 4.97. The fraction of sp³-hybridized carbons (Fsp3) is 0.600. The molecule has 0 aromatic carbocycles. The molecule has 0 saturated heterocycles. The highest BCUT2D eigenvalue weighted by Crippen LogP contribution is 2.22. The lowest BCUT2D eigenvalue weighted by molar-refractivity contribution is 0.0696. The summed E-state index contributed by atoms with van der Waals surface area (Å²) in [5.41, 5.74) is 1.18. The van der Waals surface area contributed by atoms with Gasteiger partial charge < -0.3 is 10.0 Å². The molecule has 0 spiro atoms. The summed E-state index contributed by atoms with van der Waals surface area (Å²) in [4.78, 5) is 17.6. The van der Waals surface area contributed by atoms with Crippen LogP contribution in [0.5, 0.6) is 0 Å². The van der Waals surface area contributed by atoms with Crippen LogP contribution >= 0.6 is 0 Å². The molecule has 0 radical (unpaired) electrons. The van der Waals surface area contributed by atoms with Crippen LogP contribution in [-0.2, 0) is 0 Å². The van der Waals surface area contributed by atoms with Crippen molar-refractivity contribution in [3.05, 3.63) is 23.4 Å². The van der Waals surface area contributed by atoms with Gasteiger partial charge in [-0.3, -0.25) is 0 Å². The van der Waals surface area contributed by atoms with Crippen LogP contribution in [0, 0.1) is 6.92 Å². The molecule has 4 heteroatoms. The number of nitrogens with zero attached hydrogens (tertiary/aromatic N) is 2. The van der Waals surface area contributed by atoms with Crippen molar-refractivity contribution in [1.29, 1.82) is 0 Å². The van der Waals surface area contributed by atoms with E-state index < -0.39 is 5.97 Å². The molecule has 0 bridgehead atoms. The van der Waals surface area contributed by atoms with E-state index in [2.05, 4.69) is 30.7 Å². The number of carboxylic acid groups (broad SMARTS) is 1. The summed E-state index contributed by atoms with van der Waals surface area (Å²) in [5, 5.41) is 8.98. The van der Waals surface area contributed by atoms with Crippen molar-refractivity contribution in [2.24, 2.45) is 0 Å². The molecule has 0 aliphatic heterocycles. The predicted octanol–water partition coefficient (Wildman–Crippen LogP) is 3.49. The Morgan fingerprint density at radius 1 is 1.47 bits per heavy atom. The van der Waals surface area contributed by atoms with Gasteiger partial charge in [0.05, 0.1) is 5.56 Å². The molecule has 1 heterocycles. The third-order valence-electron chi connectivity index (χ3n) is 3.45. The van der Waals surface area contributed by atoms with Gasteiger partial charge in [0, 0.05) is 18.8 Å². The van der Waals surface area contributed by atoms with Gasteiger partial charge in [-0.1, -0.05) is 20.3 Å². The van der Waals surface area contributed by atoms with E-state index in [0.29, 0.717) is 6.04 Å². The smallest absolute Gasteiger partial charge is 0.337 e. The van der Waals surface area contributed by atoms with E-state index in [-0.39, 0.29) is 5.56 Å². The first-order valence-corrected chi connectivity index (χ1v) is 6.97. The van der Waals surface area contributed by atoms with Gasteiger partial charge >= 0.3 is 5.97 Å². The van der Waals surface area contributed by atoms with Crippen LogP contribution in [0.1, 0.15) is 56.0 Å². The van der Waals surface area contributed by atoms with Crippen molar-refractivity contribution in [2.45, 2.75) is 53.0 Å². The number of carbonyl (C=O) groups is 1. The summed E-state index contributed by atoms with van der Waals surface area (Å²) < 4.78 is 0. The zero-order chi connectivity index (χ0) is 14.4. The van der Waals surface area contributed by atoms with Gasteiger partial charge in [-0.05, 0) is 38.3 Å². The lowest BCUT2D eigenvalue weighted by atomic mass is 10.1. The summed E-state index contributed by atoms with van der Waals surface area (Å²) in [5.74, 6) is -0.0152. The quantitative estimate of drug-likeness (QED) is 0.819. The average molecular weight is 264 g/mol. The third kappa shape index (κ3) is 3.94. The van der Waals surface area contributed by atoms with Crippen LogP contribution < -0.4 is 4.90 Å². The molecule has 1 aromatic rings. The maximum Gasteiger partial charge on any atom is 0.337 e. The Morgan fingerprint density at radius 2 is 2.16 bits per heavy atom. The summed E-state index contributed by atoms with van der Waals surface area (Å²) in [7, 11) is 0. The highest BCUT2D eigenvalue weighted by molar-refractivity contribution is 5.87. The number of aryl methyl sites for hydroxylation is 1. The zero-order valence-electron chi connectivity index (χ0n) is 12.3. The summed E-state index contributed by atoms with van der Waals surface area (Å²) in [6.07, 6.45) is 4.75. The molecule has 1 N–H and O–H groups in total. The fourth-order valence-electron chi connectivity index (χ4n) is 2.07. The maximum absolute atomic E-state index is 10.9. The van der Waals surface area contributed by atoms with Gasteiger partial charge in [0.2, 0.25) is 0 Å². The number of hydrogen-bond donors (Lipinski definition) is 1. The molecule has 0 amide bonds. The third-order valence-corrected chi connectivity index (χ3v) is 3.45. The number of unbranched alkanes of at least 4 members (excludes halogenated alkanes) is 1. The monoisotopic (exact) mass is 264 g/mol. The first-order valence-electron chi connectivity index (χ1n) is 6.97. The van der Waals surface area contributed by atoms with Gasteiger partial charge in [0.1, 0.15) is 5.82 Å². The molecule has 0 aliphatic carbocycles. The van der Waals surface area contributed by atoms with E-state index in [1.807, 2.05) is 6.92 Å². The van der Waals surface area contributed by atoms with Crippen molar-refractivity contribution in [2.75, 3.05) is 11.4 Å². The normalized spacial score (nSPS) is 12.2. The van der Waals surface area contributed by atoms with E-state index in [1.54, 1.807) is 6.07 Å². The van der Waals surface area contributed by atoms with Gasteiger partial charge in [0.25, 0.3) is 0 Å². The Morgan fingerprint density at radius 3 is 2.63 bits per heavy atom. The maximum atomic E-state index is 10.9. The van der Waals surface area contributed by atoms with Crippen molar-refractivity contribution in [3.63, 3.8) is 0 Å². The van der Waals surface area contributed by atoms with Crippen molar-refractivity contribution >= 4 is 11.8 Å². The number of hydrogen-bond acceptors (Lipinski definition) is 3. The summed E-state index contributed by atoms with van der Waals surface area (Å²) in [6, 6.07) is 2.11. The molecule has 106 valence electrons. The first-order chi connectivity index (χ1) is 9.01. The van der Waals surface area contributed by atoms with E-state index >= 15 is 0 Å². The largest absolute Gasteiger partial charge is 0.478 e. The Hall–Kier alpha value is -1.58. The number of anilines is 1. The van der Waals surface area contributed by atoms with Crippen molar-refractivity contribution in [1.82, 2.24) is 4.98 Å². The molecule has 0 fully saturated rings. The minimum Gasteiger partial charge on any atom is -0.478 e. The van der Waals surface area contributed by atoms with Gasteiger partial charge in [-0.15, -0.1) is 0 Å². The SMILES string of the molecule is CCCCN(c1ncc(C(=O)O)cc1C)C(C)CC. The standard InChI is InChI=1S/C15H24N2O2/c1-5-7-8-17(12(4)6-2)14-11(3)9-13(10-16-14)15(18)19/h9-10,12H,5-8H2,1-4H3,(H,18,19). The van der Waals surface area contributed by atoms with Crippen LogP contribution in [0.4, 0.5) is 5.82 Å². The molecule has 1 rings (SSSR count). The van der Waals surface area contributed by atoms with Crippen LogP contribution in [0.15, 0.2) is 12.3 Å². The number of aromatic carboxylic acids is 1. The molecule has 1 aromatic heterocycles. The zero-order valence-corrected chi connectivity index (χ0v) is 12.3. The van der Waals surface area contributed by atoms with Gasteiger partial charge in [-0.2, -0.15) is 0 Å². The fourth-order valence-corrected chi connectivity index (χ4v) is 2.07.